The van der Waals surface area contributed by atoms with E-state index in [2.05, 4.69) is 48.7 Å². The minimum atomic E-state index is -0.795. The fourth-order valence-corrected chi connectivity index (χ4v) is 6.69. The van der Waals surface area contributed by atoms with E-state index >= 15 is 0 Å². The van der Waals surface area contributed by atoms with Gasteiger partial charge in [0.15, 0.2) is 5.82 Å². The number of hydrogen-bond donors (Lipinski definition) is 2. The van der Waals surface area contributed by atoms with Crippen molar-refractivity contribution in [2.75, 3.05) is 18.6 Å². The molecule has 0 spiro atoms. The van der Waals surface area contributed by atoms with Crippen LogP contribution in [0.2, 0.25) is 0 Å². The van der Waals surface area contributed by atoms with E-state index in [0.717, 1.165) is 90.7 Å². The highest BCUT2D eigenvalue weighted by Gasteiger charge is 2.44. The van der Waals surface area contributed by atoms with Crippen LogP contribution in [-0.4, -0.2) is 78.1 Å². The van der Waals surface area contributed by atoms with Crippen molar-refractivity contribution in [2.45, 2.75) is 69.3 Å². The standard InChI is InChI=1S/C28H32N8O3/c1-34(20-12-18-5-6-19(13-20)36(18)28(37)38)25-10-9-24(31-32-25)22-8-7-21(23-15-29-33-27(22)23)17-14-30-35(16-17)26-4-2-3-11-39-26/h7-10,14-16,18-20,26H,2-6,11-13H2,1H3,(H,29,33)(H,37,38)/t18-,19?,20?,26?/m0/s1. The fraction of sp³-hybridized carbons (Fsp3) is 0.464. The molecule has 7 rings (SSSR count). The van der Waals surface area contributed by atoms with Crippen molar-refractivity contribution in [3.8, 4) is 22.4 Å². The number of aromatic amines is 1. The highest BCUT2D eigenvalue weighted by molar-refractivity contribution is 6.01. The number of rotatable bonds is 5. The molecule has 3 saturated heterocycles. The number of H-pyrrole nitrogens is 1. The van der Waals surface area contributed by atoms with Gasteiger partial charge in [0.2, 0.25) is 0 Å². The van der Waals surface area contributed by atoms with Crippen LogP contribution in [-0.2, 0) is 4.74 Å². The summed E-state index contributed by atoms with van der Waals surface area (Å²) in [4.78, 5) is 15.5. The van der Waals surface area contributed by atoms with Crippen molar-refractivity contribution in [3.05, 3.63) is 42.9 Å². The maximum absolute atomic E-state index is 11.6. The van der Waals surface area contributed by atoms with E-state index in [1.807, 2.05) is 36.3 Å². The molecule has 1 aromatic carbocycles. The van der Waals surface area contributed by atoms with Gasteiger partial charge in [0.05, 0.1) is 23.6 Å². The van der Waals surface area contributed by atoms with Crippen LogP contribution in [0, 0.1) is 0 Å². The molecule has 3 fully saturated rings. The summed E-state index contributed by atoms with van der Waals surface area (Å²) in [7, 11) is 2.03. The average molecular weight is 529 g/mol. The number of nitrogens with zero attached hydrogens (tertiary/aromatic N) is 7. The Kier molecular flexibility index (Phi) is 5.95. The van der Waals surface area contributed by atoms with E-state index < -0.39 is 6.09 Å². The number of anilines is 1. The summed E-state index contributed by atoms with van der Waals surface area (Å²) in [6.07, 6.45) is 11.7. The summed E-state index contributed by atoms with van der Waals surface area (Å²) in [5, 5.41) is 31.8. The molecule has 11 nitrogen and oxygen atoms in total. The predicted octanol–water partition coefficient (Wildman–Crippen LogP) is 4.69. The van der Waals surface area contributed by atoms with Crippen molar-refractivity contribution in [3.63, 3.8) is 0 Å². The molecule has 3 aliphatic heterocycles. The minimum Gasteiger partial charge on any atom is -0.465 e. The van der Waals surface area contributed by atoms with Gasteiger partial charge in [-0.05, 0) is 68.7 Å². The van der Waals surface area contributed by atoms with Crippen molar-refractivity contribution in [2.24, 2.45) is 0 Å². The lowest BCUT2D eigenvalue weighted by Crippen LogP contribution is -2.51. The van der Waals surface area contributed by atoms with Crippen LogP contribution in [0.3, 0.4) is 0 Å². The molecule has 11 heteroatoms. The van der Waals surface area contributed by atoms with Gasteiger partial charge in [-0.3, -0.25) is 5.10 Å². The topological polar surface area (TPSA) is 125 Å². The maximum atomic E-state index is 11.6. The second-order valence-electron chi connectivity index (χ2n) is 10.9. The third kappa shape index (κ3) is 4.21. The van der Waals surface area contributed by atoms with Gasteiger partial charge in [0.25, 0.3) is 0 Å². The third-order valence-electron chi connectivity index (χ3n) is 8.74. The zero-order valence-corrected chi connectivity index (χ0v) is 21.9. The zero-order valence-electron chi connectivity index (χ0n) is 21.9. The number of carboxylic acid groups (broad SMARTS) is 1. The Morgan fingerprint density at radius 1 is 1.05 bits per heavy atom. The Morgan fingerprint density at radius 2 is 1.87 bits per heavy atom. The molecule has 0 aliphatic carbocycles. The second-order valence-corrected chi connectivity index (χ2v) is 10.9. The van der Waals surface area contributed by atoms with Gasteiger partial charge in [-0.2, -0.15) is 10.2 Å². The average Bonchev–Trinajstić information content (AvgIpc) is 3.71. The van der Waals surface area contributed by atoms with Crippen LogP contribution in [0.5, 0.6) is 0 Å². The highest BCUT2D eigenvalue weighted by atomic mass is 16.5. The van der Waals surface area contributed by atoms with Gasteiger partial charge in [-0.1, -0.05) is 6.07 Å². The number of ether oxygens (including phenoxy) is 1. The molecule has 3 unspecified atom stereocenters. The van der Waals surface area contributed by atoms with Crippen molar-refractivity contribution in [1.29, 1.82) is 0 Å². The first-order valence-electron chi connectivity index (χ1n) is 13.8. The van der Waals surface area contributed by atoms with Crippen LogP contribution in [0.4, 0.5) is 10.6 Å². The summed E-state index contributed by atoms with van der Waals surface area (Å²) < 4.78 is 7.82. The van der Waals surface area contributed by atoms with Crippen molar-refractivity contribution < 1.29 is 14.6 Å². The Labute approximate surface area is 225 Å². The Morgan fingerprint density at radius 3 is 2.59 bits per heavy atom. The Balaban J connectivity index is 1.12. The van der Waals surface area contributed by atoms with E-state index in [1.54, 1.807) is 4.90 Å². The van der Waals surface area contributed by atoms with E-state index in [1.165, 1.54) is 0 Å². The van der Waals surface area contributed by atoms with E-state index in [-0.39, 0.29) is 24.4 Å². The van der Waals surface area contributed by atoms with Crippen LogP contribution >= 0.6 is 0 Å². The normalized spacial score (nSPS) is 24.8. The van der Waals surface area contributed by atoms with Gasteiger partial charge in [0, 0.05) is 54.5 Å². The quantitative estimate of drug-likeness (QED) is 0.382. The number of nitrogens with one attached hydrogen (secondary N) is 1. The van der Waals surface area contributed by atoms with Gasteiger partial charge in [-0.15, -0.1) is 10.2 Å². The van der Waals surface area contributed by atoms with Crippen LogP contribution in [0.25, 0.3) is 33.3 Å². The first kappa shape index (κ1) is 24.1. The number of amides is 1. The molecule has 3 aliphatic rings. The summed E-state index contributed by atoms with van der Waals surface area (Å²) >= 11 is 0. The zero-order chi connectivity index (χ0) is 26.5. The van der Waals surface area contributed by atoms with Crippen molar-refractivity contribution in [1.82, 2.24) is 35.1 Å². The van der Waals surface area contributed by atoms with Crippen LogP contribution in [0.15, 0.2) is 42.9 Å². The molecule has 1 amide bonds. The fourth-order valence-electron chi connectivity index (χ4n) is 6.69. The molecule has 2 bridgehead atoms. The maximum Gasteiger partial charge on any atom is 0.407 e. The van der Waals surface area contributed by atoms with Gasteiger partial charge in [-0.25, -0.2) is 9.48 Å². The molecule has 4 aromatic rings. The van der Waals surface area contributed by atoms with Gasteiger partial charge >= 0.3 is 6.09 Å². The smallest absolute Gasteiger partial charge is 0.407 e. The number of benzene rings is 1. The third-order valence-corrected chi connectivity index (χ3v) is 8.74. The molecule has 0 saturated carbocycles. The minimum absolute atomic E-state index is 0.00147. The first-order chi connectivity index (χ1) is 19.1. The molecular formula is C28H32N8O3. The number of carbonyl (C=O) groups is 1. The monoisotopic (exact) mass is 528 g/mol. The van der Waals surface area contributed by atoms with Crippen LogP contribution < -0.4 is 4.90 Å². The number of aromatic nitrogens is 6. The lowest BCUT2D eigenvalue weighted by Gasteiger charge is -2.41. The molecule has 6 heterocycles. The summed E-state index contributed by atoms with van der Waals surface area (Å²) in [6.45, 7) is 0.779. The SMILES string of the molecule is CN(c1ccc(-c2ccc(-c3cnn(C4CCCCO4)c3)c3cn[nH]c23)nn1)C1CC2CC[C@@H](C1)N2C(=O)O. The Bertz CT molecular complexity index is 1480. The molecule has 202 valence electrons. The van der Waals surface area contributed by atoms with E-state index in [0.29, 0.717) is 0 Å². The van der Waals surface area contributed by atoms with E-state index in [9.17, 15) is 9.90 Å². The molecule has 3 aromatic heterocycles. The number of hydrogen-bond acceptors (Lipinski definition) is 7. The number of fused-ring (bicyclic) bond motifs is 3. The molecule has 2 N–H and O–H groups in total. The van der Waals surface area contributed by atoms with Gasteiger partial charge < -0.3 is 19.6 Å². The summed E-state index contributed by atoms with van der Waals surface area (Å²) in [6, 6.07) is 8.56. The first-order valence-corrected chi connectivity index (χ1v) is 13.8. The largest absolute Gasteiger partial charge is 0.465 e. The predicted molar refractivity (Wildman–Crippen MR) is 145 cm³/mol. The van der Waals surface area contributed by atoms with Crippen molar-refractivity contribution >= 4 is 22.8 Å². The van der Waals surface area contributed by atoms with E-state index in [4.69, 9.17) is 4.74 Å². The van der Waals surface area contributed by atoms with Gasteiger partial charge in [0.1, 0.15) is 6.23 Å². The van der Waals surface area contributed by atoms with Crippen LogP contribution in [0.1, 0.15) is 51.2 Å². The number of piperidine rings is 1. The summed E-state index contributed by atoms with van der Waals surface area (Å²) in [5.74, 6) is 0.793. The molecule has 4 atom stereocenters. The lowest BCUT2D eigenvalue weighted by molar-refractivity contribution is -0.0394. The Hall–Kier alpha value is -3.99. The molecule has 39 heavy (non-hydrogen) atoms. The molecular weight excluding hydrogens is 496 g/mol. The second kappa shape index (κ2) is 9.64. The molecule has 0 radical (unpaired) electrons. The summed E-state index contributed by atoms with van der Waals surface area (Å²) in [5.41, 5.74) is 4.68. The lowest BCUT2D eigenvalue weighted by atomic mass is 9.96. The highest BCUT2D eigenvalue weighted by Crippen LogP contribution is 2.39.